The topological polar surface area (TPSA) is 104 Å². The van der Waals surface area contributed by atoms with Crippen molar-refractivity contribution in [1.29, 1.82) is 0 Å². The average Bonchev–Trinajstić information content (AvgIpc) is 3.27. The number of piperidine rings is 2. The van der Waals surface area contributed by atoms with Crippen LogP contribution < -0.4 is 5.56 Å². The van der Waals surface area contributed by atoms with Crippen molar-refractivity contribution in [2.75, 3.05) is 26.2 Å². The number of hydrogen-bond donors (Lipinski definition) is 1. The molecule has 0 radical (unpaired) electrons. The van der Waals surface area contributed by atoms with Crippen LogP contribution in [0.3, 0.4) is 0 Å². The van der Waals surface area contributed by atoms with Gasteiger partial charge in [-0.2, -0.15) is 10.2 Å². The quantitative estimate of drug-likeness (QED) is 0.680. The standard InChI is InChI=1S/C23H26N6O3/c30-21-18(4-8-24-26-21)22(31)28-11-5-16(6-12-28)17-7-13-29-20(14-17)19(15-25-29)23(32)27-9-2-1-3-10-27/h4,7-8,13-16H,1-3,5-6,9-12H2,(H,26,30). The van der Waals surface area contributed by atoms with Gasteiger partial charge in [-0.3, -0.25) is 14.4 Å². The monoisotopic (exact) mass is 434 g/mol. The minimum absolute atomic E-state index is 0.0554. The van der Waals surface area contributed by atoms with E-state index in [1.54, 1.807) is 15.6 Å². The van der Waals surface area contributed by atoms with E-state index in [1.807, 2.05) is 17.2 Å². The van der Waals surface area contributed by atoms with Gasteiger partial charge in [0.25, 0.3) is 17.4 Å². The van der Waals surface area contributed by atoms with Gasteiger partial charge in [-0.15, -0.1) is 0 Å². The van der Waals surface area contributed by atoms with E-state index in [0.29, 0.717) is 18.7 Å². The molecule has 9 heteroatoms. The third-order valence-corrected chi connectivity index (χ3v) is 6.63. The van der Waals surface area contributed by atoms with Crippen LogP contribution in [0.1, 0.15) is 64.3 Å². The number of aromatic nitrogens is 4. The lowest BCUT2D eigenvalue weighted by molar-refractivity contribution is 0.0707. The molecule has 1 N–H and O–H groups in total. The Morgan fingerprint density at radius 2 is 1.66 bits per heavy atom. The molecule has 0 atom stereocenters. The minimum atomic E-state index is -0.461. The molecule has 0 unspecified atom stereocenters. The van der Waals surface area contributed by atoms with E-state index in [-0.39, 0.29) is 23.3 Å². The van der Waals surface area contributed by atoms with Gasteiger partial charge in [0.2, 0.25) is 0 Å². The Bertz CT molecular complexity index is 1200. The smallest absolute Gasteiger partial charge is 0.277 e. The lowest BCUT2D eigenvalue weighted by Crippen LogP contribution is -2.40. The Kier molecular flexibility index (Phi) is 5.46. The first kappa shape index (κ1) is 20.4. The maximum Gasteiger partial charge on any atom is 0.277 e. The summed E-state index contributed by atoms with van der Waals surface area (Å²) < 4.78 is 1.76. The number of nitrogens with one attached hydrogen (secondary N) is 1. The van der Waals surface area contributed by atoms with Crippen molar-refractivity contribution in [2.24, 2.45) is 0 Å². The summed E-state index contributed by atoms with van der Waals surface area (Å²) in [4.78, 5) is 41.3. The second-order valence-electron chi connectivity index (χ2n) is 8.57. The van der Waals surface area contributed by atoms with Gasteiger partial charge in [-0.05, 0) is 61.8 Å². The second-order valence-corrected chi connectivity index (χ2v) is 8.57. The van der Waals surface area contributed by atoms with Crippen molar-refractivity contribution < 1.29 is 9.59 Å². The molecule has 0 aliphatic carbocycles. The first-order valence-electron chi connectivity index (χ1n) is 11.2. The highest BCUT2D eigenvalue weighted by atomic mass is 16.2. The van der Waals surface area contributed by atoms with Gasteiger partial charge >= 0.3 is 0 Å². The summed E-state index contributed by atoms with van der Waals surface area (Å²) in [5.74, 6) is 0.0835. The van der Waals surface area contributed by atoms with Crippen LogP contribution in [0.25, 0.3) is 5.52 Å². The van der Waals surface area contributed by atoms with Crippen LogP contribution in [0.2, 0.25) is 0 Å². The maximum atomic E-state index is 13.0. The van der Waals surface area contributed by atoms with E-state index < -0.39 is 5.56 Å². The summed E-state index contributed by atoms with van der Waals surface area (Å²) in [6.07, 6.45) is 9.89. The number of carbonyl (C=O) groups is 2. The third-order valence-electron chi connectivity index (χ3n) is 6.63. The van der Waals surface area contributed by atoms with Crippen LogP contribution in [0, 0.1) is 0 Å². The van der Waals surface area contributed by atoms with Gasteiger partial charge in [-0.1, -0.05) is 0 Å². The van der Waals surface area contributed by atoms with Crippen molar-refractivity contribution in [3.05, 3.63) is 63.8 Å². The molecule has 0 aromatic carbocycles. The predicted octanol–water partition coefficient (Wildman–Crippen LogP) is 2.06. The number of carbonyl (C=O) groups excluding carboxylic acids is 2. The van der Waals surface area contributed by atoms with Gasteiger partial charge < -0.3 is 9.80 Å². The fourth-order valence-corrected chi connectivity index (χ4v) is 4.78. The van der Waals surface area contributed by atoms with Crippen LogP contribution in [-0.2, 0) is 0 Å². The molecule has 5 heterocycles. The molecule has 2 amide bonds. The molecule has 3 aromatic heterocycles. The van der Waals surface area contributed by atoms with Gasteiger partial charge in [0, 0.05) is 38.6 Å². The van der Waals surface area contributed by atoms with Gasteiger partial charge in [0.05, 0.1) is 17.3 Å². The summed E-state index contributed by atoms with van der Waals surface area (Å²) in [5, 5.41) is 10.3. The number of aromatic amines is 1. The van der Waals surface area contributed by atoms with E-state index in [9.17, 15) is 14.4 Å². The number of rotatable bonds is 3. The van der Waals surface area contributed by atoms with E-state index >= 15 is 0 Å². The molecule has 5 rings (SSSR count). The van der Waals surface area contributed by atoms with Crippen molar-refractivity contribution in [3.8, 4) is 0 Å². The zero-order valence-electron chi connectivity index (χ0n) is 17.9. The number of likely N-dealkylation sites (tertiary alicyclic amines) is 2. The molecule has 0 spiro atoms. The Morgan fingerprint density at radius 3 is 2.41 bits per heavy atom. The lowest BCUT2D eigenvalue weighted by Gasteiger charge is -2.32. The van der Waals surface area contributed by atoms with Crippen molar-refractivity contribution in [2.45, 2.75) is 38.0 Å². The molecule has 32 heavy (non-hydrogen) atoms. The number of pyridine rings is 1. The van der Waals surface area contributed by atoms with Crippen LogP contribution in [0.5, 0.6) is 0 Å². The van der Waals surface area contributed by atoms with Crippen LogP contribution in [0.4, 0.5) is 0 Å². The predicted molar refractivity (Wildman–Crippen MR) is 118 cm³/mol. The summed E-state index contributed by atoms with van der Waals surface area (Å²) in [5.41, 5.74) is 2.30. The Morgan fingerprint density at radius 1 is 0.938 bits per heavy atom. The highest BCUT2D eigenvalue weighted by Gasteiger charge is 2.27. The molecular formula is C23H26N6O3. The Hall–Kier alpha value is -3.49. The highest BCUT2D eigenvalue weighted by molar-refractivity contribution is 6.00. The zero-order valence-corrected chi connectivity index (χ0v) is 17.9. The summed E-state index contributed by atoms with van der Waals surface area (Å²) >= 11 is 0. The van der Waals surface area contributed by atoms with E-state index in [0.717, 1.165) is 49.9 Å². The summed E-state index contributed by atoms with van der Waals surface area (Å²) in [6.45, 7) is 2.77. The normalized spacial score (nSPS) is 17.6. The SMILES string of the molecule is O=C(c1ccn[nH]c1=O)N1CCC(c2ccn3ncc(C(=O)N4CCCCC4)c3c2)CC1. The second kappa shape index (κ2) is 8.57. The fourth-order valence-electron chi connectivity index (χ4n) is 4.78. The fraction of sp³-hybridized carbons (Fsp3) is 0.435. The molecule has 0 bridgehead atoms. The van der Waals surface area contributed by atoms with Crippen molar-refractivity contribution in [1.82, 2.24) is 29.6 Å². The van der Waals surface area contributed by atoms with Gasteiger partial charge in [0.1, 0.15) is 5.56 Å². The van der Waals surface area contributed by atoms with E-state index in [2.05, 4.69) is 21.4 Å². The number of amides is 2. The molecule has 3 aromatic rings. The maximum absolute atomic E-state index is 13.0. The van der Waals surface area contributed by atoms with Gasteiger partial charge in [0.15, 0.2) is 0 Å². The molecule has 0 saturated carbocycles. The molecule has 9 nitrogen and oxygen atoms in total. The first-order valence-corrected chi connectivity index (χ1v) is 11.2. The molecule has 2 aliphatic heterocycles. The summed E-state index contributed by atoms with van der Waals surface area (Å²) in [6, 6.07) is 5.58. The molecule has 2 saturated heterocycles. The first-order chi connectivity index (χ1) is 15.6. The number of nitrogens with zero attached hydrogens (tertiary/aromatic N) is 5. The van der Waals surface area contributed by atoms with Crippen molar-refractivity contribution in [3.63, 3.8) is 0 Å². The highest BCUT2D eigenvalue weighted by Crippen LogP contribution is 2.30. The van der Waals surface area contributed by atoms with Crippen LogP contribution in [-0.4, -0.2) is 67.6 Å². The molecular weight excluding hydrogens is 408 g/mol. The third kappa shape index (κ3) is 3.79. The average molecular weight is 435 g/mol. The molecule has 166 valence electrons. The van der Waals surface area contributed by atoms with Crippen molar-refractivity contribution >= 4 is 17.3 Å². The Balaban J connectivity index is 1.31. The van der Waals surface area contributed by atoms with E-state index in [4.69, 9.17) is 0 Å². The zero-order chi connectivity index (χ0) is 22.1. The molecule has 2 fully saturated rings. The minimum Gasteiger partial charge on any atom is -0.339 e. The number of hydrogen-bond acceptors (Lipinski definition) is 5. The largest absolute Gasteiger partial charge is 0.339 e. The number of fused-ring (bicyclic) bond motifs is 1. The van der Waals surface area contributed by atoms with Gasteiger partial charge in [-0.25, -0.2) is 9.61 Å². The Labute approximate surface area is 185 Å². The lowest BCUT2D eigenvalue weighted by atomic mass is 9.89. The summed E-state index contributed by atoms with van der Waals surface area (Å²) in [7, 11) is 0. The number of H-pyrrole nitrogens is 1. The van der Waals surface area contributed by atoms with Crippen LogP contribution >= 0.6 is 0 Å². The van der Waals surface area contributed by atoms with Crippen LogP contribution in [0.15, 0.2) is 41.6 Å². The van der Waals surface area contributed by atoms with E-state index in [1.165, 1.54) is 18.7 Å². The molecule has 2 aliphatic rings.